The molecule has 2 amide bonds. The van der Waals surface area contributed by atoms with Crippen molar-refractivity contribution in [3.05, 3.63) is 65.2 Å². The first-order chi connectivity index (χ1) is 12.3. The molecule has 0 saturated carbocycles. The Morgan fingerprint density at radius 1 is 1.00 bits per heavy atom. The van der Waals surface area contributed by atoms with Gasteiger partial charge < -0.3 is 15.4 Å². The van der Waals surface area contributed by atoms with E-state index in [0.717, 1.165) is 12.1 Å². The van der Waals surface area contributed by atoms with E-state index in [1.54, 1.807) is 6.07 Å². The fourth-order valence-corrected chi connectivity index (χ4v) is 2.04. The molecule has 9 heteroatoms. The van der Waals surface area contributed by atoms with Crippen LogP contribution in [-0.4, -0.2) is 25.0 Å². The summed E-state index contributed by atoms with van der Waals surface area (Å²) in [7, 11) is 0. The zero-order valence-electron chi connectivity index (χ0n) is 13.3. The predicted octanol–water partition coefficient (Wildman–Crippen LogP) is 2.61. The van der Waals surface area contributed by atoms with Crippen molar-refractivity contribution in [2.75, 3.05) is 6.54 Å². The molecule has 0 aromatic heterocycles. The molecule has 2 N–H and O–H groups in total. The molecule has 0 bridgehead atoms. The third-order valence-electron chi connectivity index (χ3n) is 3.15. The van der Waals surface area contributed by atoms with Crippen LogP contribution in [0.2, 0.25) is 0 Å². The Morgan fingerprint density at radius 2 is 1.69 bits per heavy atom. The van der Waals surface area contributed by atoms with E-state index in [1.165, 1.54) is 18.2 Å². The molecule has 0 atom stereocenters. The SMILES string of the molecule is O=C(CNC(=O)c1cc(F)cc(F)c1)NCc1cccc(OC(F)F)c1. The van der Waals surface area contributed by atoms with Crippen molar-refractivity contribution in [1.82, 2.24) is 10.6 Å². The number of hydrogen-bond acceptors (Lipinski definition) is 3. The fourth-order valence-electron chi connectivity index (χ4n) is 2.04. The maximum absolute atomic E-state index is 13.1. The maximum atomic E-state index is 13.1. The average Bonchev–Trinajstić information content (AvgIpc) is 2.56. The number of nitrogens with one attached hydrogen (secondary N) is 2. The summed E-state index contributed by atoms with van der Waals surface area (Å²) in [5.41, 5.74) is 0.252. The fraction of sp³-hybridized carbons (Fsp3) is 0.176. The lowest BCUT2D eigenvalue weighted by atomic mass is 10.2. The summed E-state index contributed by atoms with van der Waals surface area (Å²) in [6, 6.07) is 8.05. The second-order valence-corrected chi connectivity index (χ2v) is 5.14. The number of carbonyl (C=O) groups is 2. The van der Waals surface area contributed by atoms with Gasteiger partial charge in [-0.15, -0.1) is 0 Å². The lowest BCUT2D eigenvalue weighted by Gasteiger charge is -2.09. The van der Waals surface area contributed by atoms with E-state index in [9.17, 15) is 27.2 Å². The smallest absolute Gasteiger partial charge is 0.387 e. The monoisotopic (exact) mass is 370 g/mol. The van der Waals surface area contributed by atoms with E-state index in [1.807, 2.05) is 0 Å². The number of amides is 2. The second-order valence-electron chi connectivity index (χ2n) is 5.14. The van der Waals surface area contributed by atoms with E-state index in [2.05, 4.69) is 15.4 Å². The zero-order chi connectivity index (χ0) is 19.1. The number of benzene rings is 2. The molecule has 0 saturated heterocycles. The van der Waals surface area contributed by atoms with Crippen molar-refractivity contribution in [3.63, 3.8) is 0 Å². The van der Waals surface area contributed by atoms with E-state index in [0.29, 0.717) is 11.6 Å². The van der Waals surface area contributed by atoms with Crippen LogP contribution in [-0.2, 0) is 11.3 Å². The molecule has 0 unspecified atom stereocenters. The van der Waals surface area contributed by atoms with Gasteiger partial charge in [-0.2, -0.15) is 8.78 Å². The normalized spacial score (nSPS) is 10.5. The second kappa shape index (κ2) is 8.84. The number of ether oxygens (including phenoxy) is 1. The predicted molar refractivity (Wildman–Crippen MR) is 83.6 cm³/mol. The molecule has 0 aliphatic carbocycles. The number of rotatable bonds is 7. The highest BCUT2D eigenvalue weighted by Gasteiger charge is 2.11. The number of hydrogen-bond donors (Lipinski definition) is 2. The molecule has 2 aromatic carbocycles. The Bertz CT molecular complexity index is 779. The van der Waals surface area contributed by atoms with Gasteiger partial charge in [0.1, 0.15) is 17.4 Å². The summed E-state index contributed by atoms with van der Waals surface area (Å²) >= 11 is 0. The lowest BCUT2D eigenvalue weighted by molar-refractivity contribution is -0.120. The molecule has 0 aliphatic rings. The van der Waals surface area contributed by atoms with E-state index >= 15 is 0 Å². The largest absolute Gasteiger partial charge is 0.435 e. The summed E-state index contributed by atoms with van der Waals surface area (Å²) in [5, 5.41) is 4.68. The Balaban J connectivity index is 1.82. The Hall–Kier alpha value is -3.10. The van der Waals surface area contributed by atoms with Gasteiger partial charge in [-0.1, -0.05) is 12.1 Å². The number of halogens is 4. The summed E-state index contributed by atoms with van der Waals surface area (Å²) in [5.74, 6) is -3.26. The average molecular weight is 370 g/mol. The van der Waals surface area contributed by atoms with Crippen molar-refractivity contribution in [2.24, 2.45) is 0 Å². The van der Waals surface area contributed by atoms with Crippen LogP contribution in [0.1, 0.15) is 15.9 Å². The van der Waals surface area contributed by atoms with Gasteiger partial charge in [0.2, 0.25) is 5.91 Å². The molecule has 0 heterocycles. The van der Waals surface area contributed by atoms with E-state index in [-0.39, 0.29) is 17.9 Å². The minimum absolute atomic E-state index is 0.0176. The highest BCUT2D eigenvalue weighted by atomic mass is 19.3. The molecule has 0 radical (unpaired) electrons. The summed E-state index contributed by atoms with van der Waals surface area (Å²) in [4.78, 5) is 23.5. The first-order valence-electron chi connectivity index (χ1n) is 7.38. The standard InChI is InChI=1S/C17H14F4N2O3/c18-12-5-11(6-13(19)7-12)16(25)23-9-15(24)22-8-10-2-1-3-14(4-10)26-17(20)21/h1-7,17H,8-9H2,(H,22,24)(H,23,25). The molecular weight excluding hydrogens is 356 g/mol. The molecule has 138 valence electrons. The Labute approximate surface area is 146 Å². The minimum atomic E-state index is -2.96. The molecule has 26 heavy (non-hydrogen) atoms. The van der Waals surface area contributed by atoms with Crippen LogP contribution in [0.5, 0.6) is 5.75 Å². The van der Waals surface area contributed by atoms with Crippen molar-refractivity contribution in [2.45, 2.75) is 13.2 Å². The van der Waals surface area contributed by atoms with Crippen molar-refractivity contribution < 1.29 is 31.9 Å². The third-order valence-corrected chi connectivity index (χ3v) is 3.15. The van der Waals surface area contributed by atoms with Crippen molar-refractivity contribution in [3.8, 4) is 5.75 Å². The van der Waals surface area contributed by atoms with Gasteiger partial charge in [0.25, 0.3) is 5.91 Å². The van der Waals surface area contributed by atoms with Crippen LogP contribution in [0.3, 0.4) is 0 Å². The first-order valence-corrected chi connectivity index (χ1v) is 7.38. The molecule has 0 fully saturated rings. The topological polar surface area (TPSA) is 67.4 Å². The van der Waals surface area contributed by atoms with Gasteiger partial charge in [0.15, 0.2) is 0 Å². The highest BCUT2D eigenvalue weighted by Crippen LogP contribution is 2.15. The van der Waals surface area contributed by atoms with Crippen LogP contribution in [0, 0.1) is 11.6 Å². The Kier molecular flexibility index (Phi) is 6.54. The van der Waals surface area contributed by atoms with Gasteiger partial charge >= 0.3 is 6.61 Å². The zero-order valence-corrected chi connectivity index (χ0v) is 13.3. The van der Waals surface area contributed by atoms with E-state index in [4.69, 9.17) is 0 Å². The number of alkyl halides is 2. The Morgan fingerprint density at radius 3 is 2.35 bits per heavy atom. The van der Waals surface area contributed by atoms with Crippen LogP contribution in [0.4, 0.5) is 17.6 Å². The number of carbonyl (C=O) groups excluding carboxylic acids is 2. The lowest BCUT2D eigenvalue weighted by Crippen LogP contribution is -2.36. The molecule has 0 aliphatic heterocycles. The van der Waals surface area contributed by atoms with Gasteiger partial charge in [0.05, 0.1) is 6.54 Å². The van der Waals surface area contributed by atoms with Gasteiger partial charge in [0, 0.05) is 18.2 Å². The maximum Gasteiger partial charge on any atom is 0.387 e. The van der Waals surface area contributed by atoms with Crippen LogP contribution < -0.4 is 15.4 Å². The quantitative estimate of drug-likeness (QED) is 0.737. The minimum Gasteiger partial charge on any atom is -0.435 e. The third kappa shape index (κ3) is 6.08. The molecule has 2 aromatic rings. The van der Waals surface area contributed by atoms with Gasteiger partial charge in [-0.05, 0) is 29.8 Å². The van der Waals surface area contributed by atoms with Gasteiger partial charge in [-0.25, -0.2) is 8.78 Å². The van der Waals surface area contributed by atoms with Crippen LogP contribution >= 0.6 is 0 Å². The van der Waals surface area contributed by atoms with Gasteiger partial charge in [-0.3, -0.25) is 9.59 Å². The van der Waals surface area contributed by atoms with Crippen molar-refractivity contribution >= 4 is 11.8 Å². The summed E-state index contributed by atoms with van der Waals surface area (Å²) < 4.78 is 54.7. The molecule has 0 spiro atoms. The van der Waals surface area contributed by atoms with Crippen LogP contribution in [0.15, 0.2) is 42.5 Å². The summed E-state index contributed by atoms with van der Waals surface area (Å²) in [6.45, 7) is -3.36. The highest BCUT2D eigenvalue weighted by molar-refractivity contribution is 5.96. The molecular formula is C17H14F4N2O3. The molecule has 2 rings (SSSR count). The first kappa shape index (κ1) is 19.2. The van der Waals surface area contributed by atoms with Crippen molar-refractivity contribution in [1.29, 1.82) is 0 Å². The molecule has 5 nitrogen and oxygen atoms in total. The summed E-state index contributed by atoms with van der Waals surface area (Å²) in [6.07, 6.45) is 0. The van der Waals surface area contributed by atoms with Crippen LogP contribution in [0.25, 0.3) is 0 Å². The van der Waals surface area contributed by atoms with E-state index < -0.39 is 36.6 Å².